The Balaban J connectivity index is 3.60. The van der Waals surface area contributed by atoms with Crippen LogP contribution >= 0.6 is 11.6 Å². The summed E-state index contributed by atoms with van der Waals surface area (Å²) in [7, 11) is 0. The maximum absolute atomic E-state index is 9.66. The molecule has 1 unspecified atom stereocenters. The number of aromatic hydroxyl groups is 1. The third kappa shape index (κ3) is 1.60. The predicted molar refractivity (Wildman–Crippen MR) is 58.0 cm³/mol. The van der Waals surface area contributed by atoms with Crippen LogP contribution in [-0.2, 0) is 0 Å². The van der Waals surface area contributed by atoms with E-state index in [1.54, 1.807) is 20.8 Å². The zero-order valence-electron chi connectivity index (χ0n) is 8.85. The molecule has 2 N–H and O–H groups in total. The average Bonchev–Trinajstić information content (AvgIpc) is 2.11. The van der Waals surface area contributed by atoms with Gasteiger partial charge in [0, 0.05) is 0 Å². The van der Waals surface area contributed by atoms with Gasteiger partial charge in [0.2, 0.25) is 0 Å². The normalized spacial score (nSPS) is 13.0. The monoisotopic (exact) mass is 214 g/mol. The van der Waals surface area contributed by atoms with Gasteiger partial charge in [-0.15, -0.1) is 0 Å². The maximum atomic E-state index is 9.66. The van der Waals surface area contributed by atoms with Crippen LogP contribution in [0.25, 0.3) is 0 Å². The van der Waals surface area contributed by atoms with Crippen LogP contribution in [0.4, 0.5) is 0 Å². The molecule has 3 heteroatoms. The standard InChI is InChI=1S/C11H15ClO2/c1-5-6(2)11(14)10(12)7(3)9(5)8(4)13/h8,13-14H,1-4H3. The van der Waals surface area contributed by atoms with E-state index in [0.717, 1.165) is 22.3 Å². The van der Waals surface area contributed by atoms with Crippen molar-refractivity contribution >= 4 is 11.6 Å². The van der Waals surface area contributed by atoms with Crippen molar-refractivity contribution < 1.29 is 10.2 Å². The highest BCUT2D eigenvalue weighted by atomic mass is 35.5. The molecule has 0 heterocycles. The van der Waals surface area contributed by atoms with E-state index in [9.17, 15) is 10.2 Å². The molecule has 1 aromatic rings. The van der Waals surface area contributed by atoms with E-state index in [2.05, 4.69) is 0 Å². The summed E-state index contributed by atoms with van der Waals surface area (Å²) < 4.78 is 0. The molecule has 0 radical (unpaired) electrons. The molecule has 1 rings (SSSR count). The first-order chi connectivity index (χ1) is 6.37. The van der Waals surface area contributed by atoms with Gasteiger partial charge in [-0.25, -0.2) is 0 Å². The van der Waals surface area contributed by atoms with Crippen LogP contribution in [0.3, 0.4) is 0 Å². The molecule has 78 valence electrons. The topological polar surface area (TPSA) is 40.5 Å². The Morgan fingerprint density at radius 1 is 1.07 bits per heavy atom. The van der Waals surface area contributed by atoms with Crippen LogP contribution in [0, 0.1) is 20.8 Å². The number of phenolic OH excluding ortho intramolecular Hbond substituents is 1. The molecule has 0 aliphatic heterocycles. The fourth-order valence-corrected chi connectivity index (χ4v) is 1.99. The van der Waals surface area contributed by atoms with E-state index in [1.165, 1.54) is 0 Å². The van der Waals surface area contributed by atoms with Crippen LogP contribution in [0.1, 0.15) is 35.3 Å². The fraction of sp³-hybridized carbons (Fsp3) is 0.455. The Morgan fingerprint density at radius 2 is 1.57 bits per heavy atom. The van der Waals surface area contributed by atoms with Crippen LogP contribution in [-0.4, -0.2) is 10.2 Å². The molecule has 0 bridgehead atoms. The first-order valence-corrected chi connectivity index (χ1v) is 4.91. The van der Waals surface area contributed by atoms with Crippen molar-refractivity contribution in [1.29, 1.82) is 0 Å². The van der Waals surface area contributed by atoms with Gasteiger partial charge in [-0.05, 0) is 49.9 Å². The molecule has 14 heavy (non-hydrogen) atoms. The fourth-order valence-electron chi connectivity index (χ4n) is 1.75. The van der Waals surface area contributed by atoms with Gasteiger partial charge in [-0.3, -0.25) is 0 Å². The summed E-state index contributed by atoms with van der Waals surface area (Å²) in [5, 5.41) is 19.6. The summed E-state index contributed by atoms with van der Waals surface area (Å²) in [5.41, 5.74) is 3.20. The Hall–Kier alpha value is -0.730. The van der Waals surface area contributed by atoms with Gasteiger partial charge in [0.1, 0.15) is 5.75 Å². The number of aliphatic hydroxyl groups excluding tert-OH is 1. The molecule has 2 nitrogen and oxygen atoms in total. The van der Waals surface area contributed by atoms with E-state index in [0.29, 0.717) is 5.02 Å². The lowest BCUT2D eigenvalue weighted by Gasteiger charge is -2.17. The lowest BCUT2D eigenvalue weighted by Crippen LogP contribution is -2.02. The molecule has 0 aliphatic carbocycles. The second kappa shape index (κ2) is 3.79. The first kappa shape index (κ1) is 11.3. The Kier molecular flexibility index (Phi) is 3.07. The molecule has 0 saturated carbocycles. The second-order valence-electron chi connectivity index (χ2n) is 3.63. The van der Waals surface area contributed by atoms with Gasteiger partial charge in [0.05, 0.1) is 11.1 Å². The summed E-state index contributed by atoms with van der Waals surface area (Å²) in [6.45, 7) is 7.17. The minimum absolute atomic E-state index is 0.117. The van der Waals surface area contributed by atoms with Gasteiger partial charge in [-0.1, -0.05) is 11.6 Å². The number of rotatable bonds is 1. The quantitative estimate of drug-likeness (QED) is 0.755. The zero-order valence-corrected chi connectivity index (χ0v) is 9.61. The summed E-state index contributed by atoms with van der Waals surface area (Å²) in [6, 6.07) is 0. The number of aliphatic hydroxyl groups is 1. The Morgan fingerprint density at radius 3 is 2.00 bits per heavy atom. The largest absolute Gasteiger partial charge is 0.506 e. The molecule has 0 aliphatic rings. The molecule has 0 aromatic heterocycles. The average molecular weight is 215 g/mol. The van der Waals surface area contributed by atoms with Gasteiger partial charge in [-0.2, -0.15) is 0 Å². The van der Waals surface area contributed by atoms with Gasteiger partial charge in [0.25, 0.3) is 0 Å². The first-order valence-electron chi connectivity index (χ1n) is 4.54. The van der Waals surface area contributed by atoms with Crippen LogP contribution < -0.4 is 0 Å². The molecular formula is C11H15ClO2. The van der Waals surface area contributed by atoms with Crippen LogP contribution in [0.2, 0.25) is 5.02 Å². The predicted octanol–water partition coefficient (Wildman–Crippen LogP) is 3.02. The van der Waals surface area contributed by atoms with Crippen molar-refractivity contribution in [3.05, 3.63) is 27.3 Å². The minimum Gasteiger partial charge on any atom is -0.506 e. The third-order valence-electron chi connectivity index (χ3n) is 2.68. The van der Waals surface area contributed by atoms with Crippen molar-refractivity contribution in [2.24, 2.45) is 0 Å². The number of hydrogen-bond donors (Lipinski definition) is 2. The lowest BCUT2D eigenvalue weighted by molar-refractivity contribution is 0.197. The van der Waals surface area contributed by atoms with Crippen molar-refractivity contribution in [2.75, 3.05) is 0 Å². The minimum atomic E-state index is -0.563. The summed E-state index contributed by atoms with van der Waals surface area (Å²) in [5.74, 6) is 0.117. The summed E-state index contributed by atoms with van der Waals surface area (Å²) >= 11 is 5.94. The van der Waals surface area contributed by atoms with Crippen molar-refractivity contribution in [3.8, 4) is 5.75 Å². The van der Waals surface area contributed by atoms with Crippen LogP contribution in [0.15, 0.2) is 0 Å². The molecule has 0 amide bonds. The van der Waals surface area contributed by atoms with Crippen molar-refractivity contribution in [3.63, 3.8) is 0 Å². The molecule has 0 fully saturated rings. The van der Waals surface area contributed by atoms with E-state index in [1.807, 2.05) is 6.92 Å². The molecule has 1 atom stereocenters. The number of hydrogen-bond acceptors (Lipinski definition) is 2. The summed E-state index contributed by atoms with van der Waals surface area (Å²) in [6.07, 6.45) is -0.563. The molecule has 0 spiro atoms. The molecule has 1 aromatic carbocycles. The van der Waals surface area contributed by atoms with Crippen molar-refractivity contribution in [2.45, 2.75) is 33.8 Å². The highest BCUT2D eigenvalue weighted by molar-refractivity contribution is 6.33. The smallest absolute Gasteiger partial charge is 0.137 e. The highest BCUT2D eigenvalue weighted by Crippen LogP contribution is 2.38. The lowest BCUT2D eigenvalue weighted by atomic mass is 9.94. The number of benzene rings is 1. The Bertz CT molecular complexity index is 341. The maximum Gasteiger partial charge on any atom is 0.137 e. The third-order valence-corrected chi connectivity index (χ3v) is 3.14. The molecular weight excluding hydrogens is 200 g/mol. The Labute approximate surface area is 89.1 Å². The molecule has 0 saturated heterocycles. The van der Waals surface area contributed by atoms with Gasteiger partial charge < -0.3 is 10.2 Å². The van der Waals surface area contributed by atoms with Crippen LogP contribution in [0.5, 0.6) is 5.75 Å². The SMILES string of the molecule is Cc1c(C)c(C(C)O)c(C)c(Cl)c1O. The van der Waals surface area contributed by atoms with Gasteiger partial charge >= 0.3 is 0 Å². The zero-order chi connectivity index (χ0) is 11.0. The number of halogens is 1. The number of phenols is 1. The van der Waals surface area contributed by atoms with Crippen molar-refractivity contribution in [1.82, 2.24) is 0 Å². The second-order valence-corrected chi connectivity index (χ2v) is 4.01. The van der Waals surface area contributed by atoms with E-state index >= 15 is 0 Å². The van der Waals surface area contributed by atoms with Gasteiger partial charge in [0.15, 0.2) is 0 Å². The highest BCUT2D eigenvalue weighted by Gasteiger charge is 2.17. The van der Waals surface area contributed by atoms with E-state index in [-0.39, 0.29) is 5.75 Å². The van der Waals surface area contributed by atoms with E-state index in [4.69, 9.17) is 11.6 Å². The van der Waals surface area contributed by atoms with E-state index < -0.39 is 6.10 Å². The summed E-state index contributed by atoms with van der Waals surface area (Å²) in [4.78, 5) is 0.